The number of hydrogen-bond donors (Lipinski definition) is 0. The van der Waals surface area contributed by atoms with E-state index in [1.807, 2.05) is 6.07 Å². The number of rotatable bonds is 2. The van der Waals surface area contributed by atoms with Gasteiger partial charge in [-0.2, -0.15) is 5.26 Å². The van der Waals surface area contributed by atoms with Gasteiger partial charge in [0.05, 0.1) is 12.5 Å². The number of hydrogen-bond acceptors (Lipinski definition) is 2. The highest BCUT2D eigenvalue weighted by Gasteiger charge is 2.05. The fourth-order valence-electron chi connectivity index (χ4n) is 1.50. The highest BCUT2D eigenvalue weighted by atomic mass is 35.5. The Hall–Kier alpha value is -1.92. The molecular formula is C13H8ClFN2. The Bertz CT molecular complexity index is 573. The molecule has 0 bridgehead atoms. The third-order valence-electron chi connectivity index (χ3n) is 2.36. The van der Waals surface area contributed by atoms with Crippen LogP contribution in [-0.4, -0.2) is 4.98 Å². The molecule has 1 aromatic heterocycles. The Morgan fingerprint density at radius 3 is 2.59 bits per heavy atom. The van der Waals surface area contributed by atoms with Gasteiger partial charge in [-0.1, -0.05) is 23.7 Å². The predicted octanol–water partition coefficient (Wildman–Crippen LogP) is 3.61. The van der Waals surface area contributed by atoms with Crippen LogP contribution in [0, 0.1) is 17.1 Å². The van der Waals surface area contributed by atoms with E-state index in [4.69, 9.17) is 16.9 Å². The van der Waals surface area contributed by atoms with Crippen LogP contribution in [0.5, 0.6) is 0 Å². The summed E-state index contributed by atoms with van der Waals surface area (Å²) < 4.78 is 12.8. The maximum Gasteiger partial charge on any atom is 0.133 e. The average Bonchev–Trinajstić information content (AvgIpc) is 2.33. The Labute approximate surface area is 103 Å². The van der Waals surface area contributed by atoms with Crippen molar-refractivity contribution in [3.63, 3.8) is 0 Å². The highest BCUT2D eigenvalue weighted by Crippen LogP contribution is 2.23. The van der Waals surface area contributed by atoms with E-state index in [2.05, 4.69) is 4.98 Å². The lowest BCUT2D eigenvalue weighted by Crippen LogP contribution is -1.89. The van der Waals surface area contributed by atoms with Crippen LogP contribution in [-0.2, 0) is 6.42 Å². The number of halogens is 2. The summed E-state index contributed by atoms with van der Waals surface area (Å²) in [4.78, 5) is 4.02. The molecule has 17 heavy (non-hydrogen) atoms. The van der Waals surface area contributed by atoms with E-state index in [0.29, 0.717) is 10.7 Å². The van der Waals surface area contributed by atoms with Crippen molar-refractivity contribution in [3.05, 3.63) is 53.1 Å². The Kier molecular flexibility index (Phi) is 3.36. The van der Waals surface area contributed by atoms with Crippen molar-refractivity contribution in [2.45, 2.75) is 6.42 Å². The van der Waals surface area contributed by atoms with Crippen LogP contribution in [0.15, 0.2) is 36.5 Å². The van der Waals surface area contributed by atoms with E-state index in [1.54, 1.807) is 24.4 Å². The molecule has 0 aliphatic heterocycles. The van der Waals surface area contributed by atoms with Gasteiger partial charge in [-0.15, -0.1) is 0 Å². The molecule has 0 saturated carbocycles. The Morgan fingerprint density at radius 1 is 1.24 bits per heavy atom. The first-order valence-electron chi connectivity index (χ1n) is 4.98. The molecule has 0 amide bonds. The summed E-state index contributed by atoms with van der Waals surface area (Å²) >= 11 is 5.87. The molecule has 2 nitrogen and oxygen atoms in total. The standard InChI is InChI=1S/C13H8ClFN2/c14-13-10(5-6-16)7-11(8-17-13)9-1-3-12(15)4-2-9/h1-4,7-8H,5H2. The van der Waals surface area contributed by atoms with Gasteiger partial charge in [-0.05, 0) is 23.8 Å². The van der Waals surface area contributed by atoms with Crippen LogP contribution < -0.4 is 0 Å². The second-order valence-corrected chi connectivity index (χ2v) is 3.87. The number of benzene rings is 1. The lowest BCUT2D eigenvalue weighted by Gasteiger charge is -2.04. The zero-order chi connectivity index (χ0) is 12.3. The van der Waals surface area contributed by atoms with Crippen molar-refractivity contribution in [1.29, 1.82) is 5.26 Å². The molecule has 0 aliphatic carbocycles. The number of nitriles is 1. The van der Waals surface area contributed by atoms with Crippen molar-refractivity contribution in [2.75, 3.05) is 0 Å². The molecule has 0 radical (unpaired) electrons. The zero-order valence-electron chi connectivity index (χ0n) is 8.82. The summed E-state index contributed by atoms with van der Waals surface area (Å²) in [6.07, 6.45) is 1.82. The van der Waals surface area contributed by atoms with Gasteiger partial charge in [0.25, 0.3) is 0 Å². The normalized spacial score (nSPS) is 9.94. The average molecular weight is 247 g/mol. The summed E-state index contributed by atoms with van der Waals surface area (Å²) in [5.41, 5.74) is 2.34. The van der Waals surface area contributed by atoms with Crippen molar-refractivity contribution in [1.82, 2.24) is 4.98 Å². The lowest BCUT2D eigenvalue weighted by atomic mass is 10.1. The van der Waals surface area contributed by atoms with Crippen molar-refractivity contribution in [3.8, 4) is 17.2 Å². The highest BCUT2D eigenvalue weighted by molar-refractivity contribution is 6.30. The van der Waals surface area contributed by atoms with E-state index in [9.17, 15) is 4.39 Å². The summed E-state index contributed by atoms with van der Waals surface area (Å²) in [5.74, 6) is -0.284. The molecule has 4 heteroatoms. The van der Waals surface area contributed by atoms with Crippen LogP contribution in [0.25, 0.3) is 11.1 Å². The van der Waals surface area contributed by atoms with Crippen molar-refractivity contribution < 1.29 is 4.39 Å². The Morgan fingerprint density at radius 2 is 1.94 bits per heavy atom. The van der Waals surface area contributed by atoms with Crippen LogP contribution in [0.1, 0.15) is 5.56 Å². The topological polar surface area (TPSA) is 36.7 Å². The molecule has 84 valence electrons. The van der Waals surface area contributed by atoms with E-state index in [1.165, 1.54) is 12.1 Å². The van der Waals surface area contributed by atoms with Crippen molar-refractivity contribution in [2.24, 2.45) is 0 Å². The molecule has 0 N–H and O–H groups in total. The third-order valence-corrected chi connectivity index (χ3v) is 2.70. The molecule has 1 aromatic carbocycles. The molecule has 0 atom stereocenters. The van der Waals surface area contributed by atoms with Gasteiger partial charge in [0, 0.05) is 17.3 Å². The van der Waals surface area contributed by atoms with Crippen LogP contribution >= 0.6 is 11.6 Å². The Balaban J connectivity index is 2.43. The third kappa shape index (κ3) is 2.61. The number of nitrogens with zero attached hydrogens (tertiary/aromatic N) is 2. The molecule has 2 rings (SSSR count). The van der Waals surface area contributed by atoms with Gasteiger partial charge in [-0.25, -0.2) is 9.37 Å². The number of aromatic nitrogens is 1. The van der Waals surface area contributed by atoms with Gasteiger partial charge in [-0.3, -0.25) is 0 Å². The lowest BCUT2D eigenvalue weighted by molar-refractivity contribution is 0.628. The minimum atomic E-state index is -0.284. The molecular weight excluding hydrogens is 239 g/mol. The fraction of sp³-hybridized carbons (Fsp3) is 0.0769. The molecule has 0 spiro atoms. The quantitative estimate of drug-likeness (QED) is 0.759. The molecule has 1 heterocycles. The first kappa shape index (κ1) is 11.6. The molecule has 0 aliphatic rings. The largest absolute Gasteiger partial charge is 0.244 e. The summed E-state index contributed by atoms with van der Waals surface area (Å²) in [6, 6.07) is 9.92. The van der Waals surface area contributed by atoms with Crippen LogP contribution in [0.3, 0.4) is 0 Å². The summed E-state index contributed by atoms with van der Waals surface area (Å²) in [5, 5.41) is 8.99. The van der Waals surface area contributed by atoms with E-state index < -0.39 is 0 Å². The maximum atomic E-state index is 12.8. The van der Waals surface area contributed by atoms with Crippen LogP contribution in [0.4, 0.5) is 4.39 Å². The molecule has 0 saturated heterocycles. The van der Waals surface area contributed by atoms with Crippen molar-refractivity contribution >= 4 is 11.6 Å². The maximum absolute atomic E-state index is 12.8. The minimum absolute atomic E-state index is 0.209. The summed E-state index contributed by atoms with van der Waals surface area (Å²) in [7, 11) is 0. The van der Waals surface area contributed by atoms with E-state index in [-0.39, 0.29) is 12.2 Å². The van der Waals surface area contributed by atoms with Gasteiger partial charge >= 0.3 is 0 Å². The monoisotopic (exact) mass is 246 g/mol. The van der Waals surface area contributed by atoms with Gasteiger partial charge < -0.3 is 0 Å². The fourth-order valence-corrected chi connectivity index (χ4v) is 1.67. The molecule has 2 aromatic rings. The second kappa shape index (κ2) is 4.94. The van der Waals surface area contributed by atoms with E-state index >= 15 is 0 Å². The number of pyridine rings is 1. The molecule has 0 fully saturated rings. The van der Waals surface area contributed by atoms with Gasteiger partial charge in [0.15, 0.2) is 0 Å². The minimum Gasteiger partial charge on any atom is -0.244 e. The second-order valence-electron chi connectivity index (χ2n) is 3.52. The SMILES string of the molecule is N#CCc1cc(-c2ccc(F)cc2)cnc1Cl. The zero-order valence-corrected chi connectivity index (χ0v) is 9.58. The first-order valence-corrected chi connectivity index (χ1v) is 5.36. The van der Waals surface area contributed by atoms with E-state index in [0.717, 1.165) is 11.1 Å². The molecule has 0 unspecified atom stereocenters. The predicted molar refractivity (Wildman–Crippen MR) is 64.0 cm³/mol. The van der Waals surface area contributed by atoms with Gasteiger partial charge in [0.1, 0.15) is 11.0 Å². The smallest absolute Gasteiger partial charge is 0.133 e. The van der Waals surface area contributed by atoms with Crippen LogP contribution in [0.2, 0.25) is 5.15 Å². The van der Waals surface area contributed by atoms with Gasteiger partial charge in [0.2, 0.25) is 0 Å². The summed E-state index contributed by atoms with van der Waals surface area (Å²) in [6.45, 7) is 0. The first-order chi connectivity index (χ1) is 8.20.